The zero-order valence-corrected chi connectivity index (χ0v) is 12.2. The maximum atomic E-state index is 5.79. The van der Waals surface area contributed by atoms with E-state index < -0.39 is 0 Å². The van der Waals surface area contributed by atoms with Gasteiger partial charge < -0.3 is 9.47 Å². The molecule has 100 valence electrons. The van der Waals surface area contributed by atoms with Crippen LogP contribution in [0.5, 0.6) is 0 Å². The molecule has 0 radical (unpaired) electrons. The molecular weight excluding hydrogens is 264 g/mol. The van der Waals surface area contributed by atoms with Gasteiger partial charge in [0.2, 0.25) is 0 Å². The minimum absolute atomic E-state index is 0.430. The summed E-state index contributed by atoms with van der Waals surface area (Å²) < 4.78 is 11.4. The van der Waals surface area contributed by atoms with Gasteiger partial charge in [-0.25, -0.2) is 0 Å². The number of hydrogen-bond acceptors (Lipinski definition) is 4. The summed E-state index contributed by atoms with van der Waals surface area (Å²) in [5, 5.41) is 0.430. The van der Waals surface area contributed by atoms with Crippen molar-refractivity contribution in [2.75, 3.05) is 43.7 Å². The second kappa shape index (κ2) is 8.86. The van der Waals surface area contributed by atoms with Crippen LogP contribution in [0.1, 0.15) is 10.8 Å². The molecule has 2 nitrogen and oxygen atoms in total. The highest BCUT2D eigenvalue weighted by Crippen LogP contribution is 2.29. The second-order valence-electron chi connectivity index (χ2n) is 4.07. The molecule has 1 heterocycles. The maximum absolute atomic E-state index is 5.79. The van der Waals surface area contributed by atoms with Crippen LogP contribution < -0.4 is 0 Å². The van der Waals surface area contributed by atoms with E-state index in [9.17, 15) is 0 Å². The third kappa shape index (κ3) is 5.22. The maximum Gasteiger partial charge on any atom is 0.0626 e. The van der Waals surface area contributed by atoms with Gasteiger partial charge in [-0.2, -0.15) is 11.8 Å². The van der Waals surface area contributed by atoms with Gasteiger partial charge in [0.15, 0.2) is 0 Å². The Morgan fingerprint density at radius 2 is 1.61 bits per heavy atom. The molecule has 0 spiro atoms. The molecule has 1 saturated heterocycles. The summed E-state index contributed by atoms with van der Waals surface area (Å²) in [5.74, 6) is 3.18. The van der Waals surface area contributed by atoms with Crippen molar-refractivity contribution in [1.82, 2.24) is 0 Å². The molecule has 18 heavy (non-hydrogen) atoms. The Bertz CT molecular complexity index is 307. The van der Waals surface area contributed by atoms with E-state index >= 15 is 0 Å². The fourth-order valence-electron chi connectivity index (χ4n) is 1.79. The Labute approximate surface area is 118 Å². The first-order valence-corrected chi connectivity index (χ1v) is 8.57. The van der Waals surface area contributed by atoms with Crippen molar-refractivity contribution in [3.63, 3.8) is 0 Å². The van der Waals surface area contributed by atoms with Crippen LogP contribution >= 0.6 is 23.5 Å². The normalized spacial score (nSPS) is 23.9. The van der Waals surface area contributed by atoms with E-state index in [-0.39, 0.29) is 0 Å². The molecule has 1 aliphatic heterocycles. The highest BCUT2D eigenvalue weighted by atomic mass is 32.2. The number of thioether (sulfide) groups is 2. The van der Waals surface area contributed by atoms with Gasteiger partial charge in [0.25, 0.3) is 0 Å². The van der Waals surface area contributed by atoms with E-state index in [1.165, 1.54) is 5.56 Å². The molecule has 1 fully saturated rings. The Morgan fingerprint density at radius 1 is 0.889 bits per heavy atom. The van der Waals surface area contributed by atoms with E-state index in [1.54, 1.807) is 0 Å². The molecular formula is C14H20O2S2. The van der Waals surface area contributed by atoms with E-state index in [0.717, 1.165) is 43.7 Å². The molecule has 2 rings (SSSR count). The fraction of sp³-hybridized carbons (Fsp3) is 0.571. The van der Waals surface area contributed by atoms with Crippen molar-refractivity contribution < 1.29 is 9.47 Å². The lowest BCUT2D eigenvalue weighted by molar-refractivity contribution is 0.149. The molecule has 0 aliphatic carbocycles. The molecule has 0 saturated carbocycles. The van der Waals surface area contributed by atoms with E-state index in [0.29, 0.717) is 5.25 Å². The lowest BCUT2D eigenvalue weighted by atomic mass is 10.1. The summed E-state index contributed by atoms with van der Waals surface area (Å²) in [5.41, 5.74) is 1.35. The fourth-order valence-corrected chi connectivity index (χ4v) is 3.50. The second-order valence-corrected chi connectivity index (χ2v) is 6.61. The van der Waals surface area contributed by atoms with Crippen molar-refractivity contribution in [2.24, 2.45) is 0 Å². The number of rotatable bonds is 1. The monoisotopic (exact) mass is 284 g/mol. The number of ether oxygens (including phenoxy) is 2. The molecule has 1 aromatic rings. The van der Waals surface area contributed by atoms with Crippen LogP contribution in [-0.2, 0) is 9.47 Å². The quantitative estimate of drug-likeness (QED) is 0.788. The molecule has 4 heteroatoms. The van der Waals surface area contributed by atoms with Crippen LogP contribution in [0, 0.1) is 0 Å². The summed E-state index contributed by atoms with van der Waals surface area (Å²) in [6.07, 6.45) is 0. The molecule has 0 N–H and O–H groups in total. The molecule has 1 atom stereocenters. The molecule has 1 unspecified atom stereocenters. The van der Waals surface area contributed by atoms with Crippen LogP contribution in [0.15, 0.2) is 30.3 Å². The average molecular weight is 284 g/mol. The van der Waals surface area contributed by atoms with E-state index in [4.69, 9.17) is 9.47 Å². The number of benzene rings is 1. The summed E-state index contributed by atoms with van der Waals surface area (Å²) in [6.45, 7) is 3.35. The van der Waals surface area contributed by atoms with E-state index in [1.807, 2.05) is 23.5 Å². The van der Waals surface area contributed by atoms with Crippen molar-refractivity contribution >= 4 is 23.5 Å². The first kappa shape index (κ1) is 14.3. The van der Waals surface area contributed by atoms with E-state index in [2.05, 4.69) is 30.3 Å². The van der Waals surface area contributed by atoms with Crippen LogP contribution in [0.25, 0.3) is 0 Å². The van der Waals surface area contributed by atoms with Gasteiger partial charge in [-0.3, -0.25) is 0 Å². The highest BCUT2D eigenvalue weighted by molar-refractivity contribution is 7.99. The highest BCUT2D eigenvalue weighted by Gasteiger charge is 2.12. The van der Waals surface area contributed by atoms with Crippen molar-refractivity contribution in [2.45, 2.75) is 5.25 Å². The first-order chi connectivity index (χ1) is 8.97. The summed E-state index contributed by atoms with van der Waals surface area (Å²) in [4.78, 5) is 0. The Hall–Kier alpha value is -0.160. The summed E-state index contributed by atoms with van der Waals surface area (Å²) >= 11 is 3.84. The Kier molecular flexibility index (Phi) is 7.01. The van der Waals surface area contributed by atoms with Gasteiger partial charge in [0.1, 0.15) is 0 Å². The lowest BCUT2D eigenvalue weighted by Crippen LogP contribution is -2.11. The molecule has 0 amide bonds. The van der Waals surface area contributed by atoms with Gasteiger partial charge in [-0.1, -0.05) is 30.3 Å². The van der Waals surface area contributed by atoms with Crippen molar-refractivity contribution in [3.05, 3.63) is 35.9 Å². The largest absolute Gasteiger partial charge is 0.380 e. The Balaban J connectivity index is 1.89. The molecule has 0 aromatic heterocycles. The topological polar surface area (TPSA) is 18.5 Å². The Morgan fingerprint density at radius 3 is 2.44 bits per heavy atom. The van der Waals surface area contributed by atoms with Crippen LogP contribution in [0.3, 0.4) is 0 Å². The van der Waals surface area contributed by atoms with Gasteiger partial charge in [-0.05, 0) is 5.56 Å². The lowest BCUT2D eigenvalue weighted by Gasteiger charge is -2.18. The van der Waals surface area contributed by atoms with Crippen LogP contribution in [-0.4, -0.2) is 43.7 Å². The van der Waals surface area contributed by atoms with Crippen molar-refractivity contribution in [1.29, 1.82) is 0 Å². The van der Waals surface area contributed by atoms with Crippen molar-refractivity contribution in [3.8, 4) is 0 Å². The number of hydrogen-bond donors (Lipinski definition) is 0. The van der Waals surface area contributed by atoms with Gasteiger partial charge in [0, 0.05) is 17.3 Å². The molecule has 0 bridgehead atoms. The summed E-state index contributed by atoms with van der Waals surface area (Å²) in [6, 6.07) is 10.6. The standard InChI is InChI=1S/C14H20O2S2/c1-2-4-13(5-3-1)14-12-16-7-10-17-9-6-15-8-11-18-14/h1-5,14H,6-12H2. The van der Waals surface area contributed by atoms with Crippen LogP contribution in [0.4, 0.5) is 0 Å². The first-order valence-electron chi connectivity index (χ1n) is 6.36. The predicted octanol–water partition coefficient (Wildman–Crippen LogP) is 3.24. The zero-order valence-electron chi connectivity index (χ0n) is 10.5. The van der Waals surface area contributed by atoms with Gasteiger partial charge >= 0.3 is 0 Å². The SMILES string of the molecule is c1ccc(C2COCCSCCOCCS2)cc1. The van der Waals surface area contributed by atoms with Crippen LogP contribution in [0.2, 0.25) is 0 Å². The third-order valence-corrected chi connectivity index (χ3v) is 4.85. The third-order valence-electron chi connectivity index (χ3n) is 2.73. The minimum atomic E-state index is 0.430. The van der Waals surface area contributed by atoms with Gasteiger partial charge in [0.05, 0.1) is 31.7 Å². The minimum Gasteiger partial charge on any atom is -0.380 e. The zero-order chi connectivity index (χ0) is 12.5. The average Bonchev–Trinajstić information content (AvgIpc) is 2.40. The summed E-state index contributed by atoms with van der Waals surface area (Å²) in [7, 11) is 0. The predicted molar refractivity (Wildman–Crippen MR) is 80.6 cm³/mol. The molecule has 1 aliphatic rings. The smallest absolute Gasteiger partial charge is 0.0626 e. The molecule has 1 aromatic carbocycles. The van der Waals surface area contributed by atoms with Gasteiger partial charge in [-0.15, -0.1) is 11.8 Å².